The number of benzene rings is 2. The number of likely N-dealkylation sites (tertiary alicyclic amines) is 1. The molecule has 2 atom stereocenters. The Kier molecular flexibility index (Phi) is 5.89. The maximum atomic E-state index is 11.1. The van der Waals surface area contributed by atoms with Gasteiger partial charge in [-0.25, -0.2) is 0 Å². The van der Waals surface area contributed by atoms with Crippen LogP contribution in [0.2, 0.25) is 0 Å². The Bertz CT molecular complexity index is 605. The van der Waals surface area contributed by atoms with Crippen LogP contribution in [0.3, 0.4) is 0 Å². The lowest BCUT2D eigenvalue weighted by Gasteiger charge is -2.33. The minimum atomic E-state index is -0.514. The van der Waals surface area contributed by atoms with Crippen LogP contribution in [0.25, 0.3) is 0 Å². The van der Waals surface area contributed by atoms with Crippen molar-refractivity contribution in [2.45, 2.75) is 31.3 Å². The van der Waals surface area contributed by atoms with Crippen LogP contribution >= 0.6 is 0 Å². The van der Waals surface area contributed by atoms with E-state index in [4.69, 9.17) is 4.74 Å². The first-order chi connectivity index (χ1) is 11.8. The summed E-state index contributed by atoms with van der Waals surface area (Å²) in [6.45, 7) is 3.18. The quantitative estimate of drug-likeness (QED) is 0.871. The second-order valence-corrected chi connectivity index (χ2v) is 6.60. The highest BCUT2D eigenvalue weighted by Crippen LogP contribution is 2.33. The highest BCUT2D eigenvalue weighted by atomic mass is 16.5. The molecule has 0 saturated carbocycles. The van der Waals surface area contributed by atoms with Crippen LogP contribution in [0, 0.1) is 0 Å². The number of aliphatic hydroxyl groups excluding tert-OH is 1. The predicted molar refractivity (Wildman–Crippen MR) is 97.4 cm³/mol. The fraction of sp³-hybridized carbons (Fsp3) is 0.429. The molecule has 24 heavy (non-hydrogen) atoms. The van der Waals surface area contributed by atoms with Gasteiger partial charge in [0.1, 0.15) is 5.75 Å². The van der Waals surface area contributed by atoms with Crippen LogP contribution in [0.4, 0.5) is 0 Å². The van der Waals surface area contributed by atoms with E-state index in [0.29, 0.717) is 0 Å². The normalized spacial score (nSPS) is 18.1. The van der Waals surface area contributed by atoms with Crippen molar-refractivity contribution < 1.29 is 9.84 Å². The third kappa shape index (κ3) is 4.16. The van der Waals surface area contributed by atoms with Gasteiger partial charge < -0.3 is 14.7 Å². The Morgan fingerprint density at radius 1 is 0.917 bits per heavy atom. The van der Waals surface area contributed by atoms with Gasteiger partial charge in [0.2, 0.25) is 0 Å². The van der Waals surface area contributed by atoms with E-state index in [-0.39, 0.29) is 5.92 Å². The second-order valence-electron chi connectivity index (χ2n) is 6.60. The standard InChI is InChI=1S/C21H27NO2/c1-24-19-12-10-18(11-13-19)21(23)20(17-8-4-2-5-9-17)16-22-14-6-3-7-15-22/h2,4-5,8-13,20-21,23H,3,6-7,14-16H2,1H3. The van der Waals surface area contributed by atoms with Gasteiger partial charge >= 0.3 is 0 Å². The largest absolute Gasteiger partial charge is 0.497 e. The molecule has 0 radical (unpaired) electrons. The first-order valence-electron chi connectivity index (χ1n) is 8.87. The van der Waals surface area contributed by atoms with Crippen molar-refractivity contribution in [3.63, 3.8) is 0 Å². The zero-order valence-electron chi connectivity index (χ0n) is 14.4. The molecule has 0 spiro atoms. The molecule has 1 fully saturated rings. The van der Waals surface area contributed by atoms with Gasteiger partial charge in [0.05, 0.1) is 13.2 Å². The average Bonchev–Trinajstić information content (AvgIpc) is 2.67. The molecule has 2 unspecified atom stereocenters. The molecular formula is C21H27NO2. The summed E-state index contributed by atoms with van der Waals surface area (Å²) in [6, 6.07) is 18.2. The molecule has 2 aromatic rings. The molecule has 0 bridgehead atoms. The Labute approximate surface area is 144 Å². The number of hydrogen-bond donors (Lipinski definition) is 1. The third-order valence-electron chi connectivity index (χ3n) is 4.97. The van der Waals surface area contributed by atoms with E-state index in [1.54, 1.807) is 7.11 Å². The molecule has 0 aliphatic carbocycles. The smallest absolute Gasteiger partial charge is 0.118 e. The highest BCUT2D eigenvalue weighted by molar-refractivity contribution is 5.32. The maximum absolute atomic E-state index is 11.1. The molecular weight excluding hydrogens is 298 g/mol. The van der Waals surface area contributed by atoms with Crippen LogP contribution in [0.1, 0.15) is 42.4 Å². The van der Waals surface area contributed by atoms with Crippen LogP contribution in [0.15, 0.2) is 54.6 Å². The third-order valence-corrected chi connectivity index (χ3v) is 4.97. The molecule has 3 nitrogen and oxygen atoms in total. The molecule has 128 valence electrons. The predicted octanol–water partition coefficient (Wildman–Crippen LogP) is 4.00. The Morgan fingerprint density at radius 2 is 1.58 bits per heavy atom. The van der Waals surface area contributed by atoms with E-state index in [1.807, 2.05) is 30.3 Å². The van der Waals surface area contributed by atoms with Crippen LogP contribution in [-0.4, -0.2) is 36.8 Å². The molecule has 2 aromatic carbocycles. The van der Waals surface area contributed by atoms with E-state index < -0.39 is 6.10 Å². The van der Waals surface area contributed by atoms with E-state index >= 15 is 0 Å². The Morgan fingerprint density at radius 3 is 2.21 bits per heavy atom. The maximum Gasteiger partial charge on any atom is 0.118 e. The zero-order valence-corrected chi connectivity index (χ0v) is 14.4. The number of aliphatic hydroxyl groups is 1. The minimum Gasteiger partial charge on any atom is -0.497 e. The molecule has 1 N–H and O–H groups in total. The topological polar surface area (TPSA) is 32.7 Å². The van der Waals surface area contributed by atoms with Crippen molar-refractivity contribution in [1.29, 1.82) is 0 Å². The summed E-state index contributed by atoms with van der Waals surface area (Å²) >= 11 is 0. The average molecular weight is 325 g/mol. The number of nitrogens with zero attached hydrogens (tertiary/aromatic N) is 1. The molecule has 3 heteroatoms. The summed E-state index contributed by atoms with van der Waals surface area (Å²) in [7, 11) is 1.66. The van der Waals surface area contributed by atoms with Crippen molar-refractivity contribution >= 4 is 0 Å². The highest BCUT2D eigenvalue weighted by Gasteiger charge is 2.26. The monoisotopic (exact) mass is 325 g/mol. The molecule has 0 amide bonds. The van der Waals surface area contributed by atoms with Gasteiger partial charge in [-0.2, -0.15) is 0 Å². The molecule has 1 aliphatic heterocycles. The lowest BCUT2D eigenvalue weighted by Crippen LogP contribution is -2.35. The van der Waals surface area contributed by atoms with E-state index in [9.17, 15) is 5.11 Å². The second kappa shape index (κ2) is 8.32. The van der Waals surface area contributed by atoms with Gasteiger partial charge in [0, 0.05) is 12.5 Å². The summed E-state index contributed by atoms with van der Waals surface area (Å²) in [6.07, 6.45) is 3.34. The minimum absolute atomic E-state index is 0.0812. The lowest BCUT2D eigenvalue weighted by molar-refractivity contribution is 0.109. The van der Waals surface area contributed by atoms with Crippen molar-refractivity contribution in [2.75, 3.05) is 26.7 Å². The van der Waals surface area contributed by atoms with Crippen molar-refractivity contribution in [3.05, 3.63) is 65.7 Å². The van der Waals surface area contributed by atoms with E-state index in [2.05, 4.69) is 29.2 Å². The number of rotatable bonds is 6. The fourth-order valence-corrected chi connectivity index (χ4v) is 3.54. The van der Waals surface area contributed by atoms with Crippen molar-refractivity contribution in [2.24, 2.45) is 0 Å². The summed E-state index contributed by atoms with van der Waals surface area (Å²) in [4.78, 5) is 2.49. The van der Waals surface area contributed by atoms with Crippen molar-refractivity contribution in [1.82, 2.24) is 4.90 Å². The SMILES string of the molecule is COc1ccc(C(O)C(CN2CCCCC2)c2ccccc2)cc1. The molecule has 0 aromatic heterocycles. The summed E-state index contributed by atoms with van der Waals surface area (Å²) in [5.74, 6) is 0.899. The van der Waals surface area contributed by atoms with Gasteiger partial charge in [-0.1, -0.05) is 48.9 Å². The van der Waals surface area contributed by atoms with Gasteiger partial charge in [0.25, 0.3) is 0 Å². The van der Waals surface area contributed by atoms with Gasteiger partial charge in [0.15, 0.2) is 0 Å². The summed E-state index contributed by atoms with van der Waals surface area (Å²) < 4.78 is 5.23. The van der Waals surface area contributed by atoms with Gasteiger partial charge in [-0.05, 0) is 49.2 Å². The van der Waals surface area contributed by atoms with Crippen LogP contribution in [-0.2, 0) is 0 Å². The number of methoxy groups -OCH3 is 1. The van der Waals surface area contributed by atoms with E-state index in [0.717, 1.165) is 30.9 Å². The molecule has 1 heterocycles. The first-order valence-corrected chi connectivity index (χ1v) is 8.87. The molecule has 1 saturated heterocycles. The Balaban J connectivity index is 1.82. The zero-order chi connectivity index (χ0) is 16.8. The number of hydrogen-bond acceptors (Lipinski definition) is 3. The fourth-order valence-electron chi connectivity index (χ4n) is 3.54. The van der Waals surface area contributed by atoms with Crippen LogP contribution < -0.4 is 4.74 Å². The summed E-state index contributed by atoms with van der Waals surface area (Å²) in [5.41, 5.74) is 2.15. The van der Waals surface area contributed by atoms with Crippen LogP contribution in [0.5, 0.6) is 5.75 Å². The van der Waals surface area contributed by atoms with Gasteiger partial charge in [-0.15, -0.1) is 0 Å². The summed E-state index contributed by atoms with van der Waals surface area (Å²) in [5, 5.41) is 11.1. The molecule has 3 rings (SSSR count). The molecule has 1 aliphatic rings. The van der Waals surface area contributed by atoms with Gasteiger partial charge in [-0.3, -0.25) is 0 Å². The van der Waals surface area contributed by atoms with E-state index in [1.165, 1.54) is 24.8 Å². The Hall–Kier alpha value is -1.84. The number of ether oxygens (including phenoxy) is 1. The lowest BCUT2D eigenvalue weighted by atomic mass is 9.88. The van der Waals surface area contributed by atoms with Crippen molar-refractivity contribution in [3.8, 4) is 5.75 Å². The number of piperidine rings is 1. The first kappa shape index (κ1) is 17.0.